The highest BCUT2D eigenvalue weighted by molar-refractivity contribution is 6.43. The number of hydrazone groups is 1. The van der Waals surface area contributed by atoms with Gasteiger partial charge in [0.2, 0.25) is 0 Å². The Kier molecular flexibility index (Phi) is 1.52. The molecule has 0 aromatic carbocycles. The Labute approximate surface area is 65.3 Å². The summed E-state index contributed by atoms with van der Waals surface area (Å²) in [7, 11) is 0. The average Bonchev–Trinajstić information content (AvgIpc) is 2.50. The fourth-order valence-corrected chi connectivity index (χ4v) is 1.36. The van der Waals surface area contributed by atoms with Crippen molar-refractivity contribution in [1.29, 1.82) is 0 Å². The SMILES string of the molecule is CCC1=NNCC2CON=C12. The molecule has 1 atom stereocenters. The van der Waals surface area contributed by atoms with Gasteiger partial charge in [-0.15, -0.1) is 0 Å². The van der Waals surface area contributed by atoms with Crippen LogP contribution in [0.2, 0.25) is 0 Å². The van der Waals surface area contributed by atoms with Crippen LogP contribution in [0.5, 0.6) is 0 Å². The summed E-state index contributed by atoms with van der Waals surface area (Å²) in [5, 5.41) is 8.10. The summed E-state index contributed by atoms with van der Waals surface area (Å²) < 4.78 is 0. The van der Waals surface area contributed by atoms with Crippen LogP contribution in [-0.2, 0) is 4.84 Å². The molecule has 0 aromatic heterocycles. The molecule has 2 heterocycles. The maximum absolute atomic E-state index is 4.99. The number of rotatable bonds is 1. The monoisotopic (exact) mass is 153 g/mol. The summed E-state index contributed by atoms with van der Waals surface area (Å²) in [6.07, 6.45) is 0.922. The van der Waals surface area contributed by atoms with E-state index in [1.54, 1.807) is 0 Å². The molecule has 1 unspecified atom stereocenters. The zero-order chi connectivity index (χ0) is 7.68. The number of oxime groups is 1. The molecule has 0 bridgehead atoms. The summed E-state index contributed by atoms with van der Waals surface area (Å²) >= 11 is 0. The molecule has 0 radical (unpaired) electrons. The lowest BCUT2D eigenvalue weighted by Crippen LogP contribution is -2.36. The topological polar surface area (TPSA) is 46.0 Å². The van der Waals surface area contributed by atoms with Crippen LogP contribution in [0.1, 0.15) is 13.3 Å². The van der Waals surface area contributed by atoms with E-state index in [4.69, 9.17) is 4.84 Å². The van der Waals surface area contributed by atoms with E-state index in [2.05, 4.69) is 22.6 Å². The molecule has 0 saturated carbocycles. The van der Waals surface area contributed by atoms with Crippen molar-refractivity contribution in [1.82, 2.24) is 5.43 Å². The molecule has 11 heavy (non-hydrogen) atoms. The van der Waals surface area contributed by atoms with Gasteiger partial charge in [-0.25, -0.2) is 0 Å². The van der Waals surface area contributed by atoms with Gasteiger partial charge in [-0.05, 0) is 6.42 Å². The fourth-order valence-electron chi connectivity index (χ4n) is 1.36. The van der Waals surface area contributed by atoms with Crippen LogP contribution in [0.15, 0.2) is 10.3 Å². The third-order valence-corrected chi connectivity index (χ3v) is 2.01. The molecule has 0 spiro atoms. The zero-order valence-electron chi connectivity index (χ0n) is 6.50. The highest BCUT2D eigenvalue weighted by Crippen LogP contribution is 2.14. The first-order valence-corrected chi connectivity index (χ1v) is 3.91. The standard InChI is InChI=1S/C7H11N3O/c1-2-6-7-5(3-8-9-6)4-11-10-7/h5,8H,2-4H2,1H3. The predicted molar refractivity (Wildman–Crippen MR) is 42.6 cm³/mol. The Morgan fingerprint density at radius 1 is 1.73 bits per heavy atom. The molecule has 1 N–H and O–H groups in total. The van der Waals surface area contributed by atoms with Gasteiger partial charge in [0, 0.05) is 6.54 Å². The van der Waals surface area contributed by atoms with Crippen LogP contribution in [0.25, 0.3) is 0 Å². The van der Waals surface area contributed by atoms with Gasteiger partial charge >= 0.3 is 0 Å². The van der Waals surface area contributed by atoms with Crippen LogP contribution in [0, 0.1) is 5.92 Å². The second-order valence-corrected chi connectivity index (χ2v) is 2.74. The van der Waals surface area contributed by atoms with Crippen LogP contribution in [-0.4, -0.2) is 24.6 Å². The maximum atomic E-state index is 4.99. The van der Waals surface area contributed by atoms with Crippen molar-refractivity contribution in [3.05, 3.63) is 0 Å². The van der Waals surface area contributed by atoms with Crippen LogP contribution < -0.4 is 5.43 Å². The first-order chi connectivity index (χ1) is 5.42. The molecule has 0 fully saturated rings. The minimum atomic E-state index is 0.433. The Bertz CT molecular complexity index is 222. The number of nitrogens with one attached hydrogen (secondary N) is 1. The number of hydrogen-bond donors (Lipinski definition) is 1. The molecular formula is C7H11N3O. The Morgan fingerprint density at radius 2 is 2.64 bits per heavy atom. The van der Waals surface area contributed by atoms with E-state index >= 15 is 0 Å². The summed E-state index contributed by atoms with van der Waals surface area (Å²) in [4.78, 5) is 4.99. The summed E-state index contributed by atoms with van der Waals surface area (Å²) in [6, 6.07) is 0. The average molecular weight is 153 g/mol. The van der Waals surface area contributed by atoms with Gasteiger partial charge in [0.1, 0.15) is 12.3 Å². The van der Waals surface area contributed by atoms with Crippen molar-refractivity contribution in [3.8, 4) is 0 Å². The van der Waals surface area contributed by atoms with E-state index < -0.39 is 0 Å². The van der Waals surface area contributed by atoms with Gasteiger partial charge in [0.25, 0.3) is 0 Å². The molecule has 0 amide bonds. The van der Waals surface area contributed by atoms with E-state index in [1.165, 1.54) is 0 Å². The van der Waals surface area contributed by atoms with Crippen molar-refractivity contribution in [2.75, 3.05) is 13.2 Å². The number of fused-ring (bicyclic) bond motifs is 1. The predicted octanol–water partition coefficient (Wildman–Crippen LogP) is 0.358. The molecule has 60 valence electrons. The first kappa shape index (κ1) is 6.64. The smallest absolute Gasteiger partial charge is 0.127 e. The van der Waals surface area contributed by atoms with E-state index in [-0.39, 0.29) is 0 Å². The molecule has 4 heteroatoms. The lowest BCUT2D eigenvalue weighted by molar-refractivity contribution is 0.154. The molecule has 2 aliphatic heterocycles. The van der Waals surface area contributed by atoms with E-state index in [0.717, 1.165) is 24.4 Å². The van der Waals surface area contributed by atoms with Gasteiger partial charge in [-0.3, -0.25) is 0 Å². The lowest BCUT2D eigenvalue weighted by atomic mass is 9.98. The second-order valence-electron chi connectivity index (χ2n) is 2.74. The van der Waals surface area contributed by atoms with Crippen molar-refractivity contribution >= 4 is 11.4 Å². The van der Waals surface area contributed by atoms with Crippen molar-refractivity contribution in [2.24, 2.45) is 16.2 Å². The first-order valence-electron chi connectivity index (χ1n) is 3.91. The highest BCUT2D eigenvalue weighted by atomic mass is 16.6. The van der Waals surface area contributed by atoms with Crippen LogP contribution in [0.4, 0.5) is 0 Å². The normalized spacial score (nSPS) is 27.9. The van der Waals surface area contributed by atoms with Gasteiger partial charge in [0.15, 0.2) is 0 Å². The summed E-state index contributed by atoms with van der Waals surface area (Å²) in [6.45, 7) is 3.65. The zero-order valence-corrected chi connectivity index (χ0v) is 6.50. The lowest BCUT2D eigenvalue weighted by Gasteiger charge is -2.16. The molecule has 0 aliphatic carbocycles. The minimum Gasteiger partial charge on any atom is -0.395 e. The maximum Gasteiger partial charge on any atom is 0.127 e. The Hall–Kier alpha value is -1.06. The third kappa shape index (κ3) is 0.982. The molecule has 4 nitrogen and oxygen atoms in total. The summed E-state index contributed by atoms with van der Waals surface area (Å²) in [5.41, 5.74) is 5.07. The molecule has 0 saturated heterocycles. The molecule has 2 aliphatic rings. The van der Waals surface area contributed by atoms with Gasteiger partial charge < -0.3 is 10.3 Å². The Balaban J connectivity index is 2.25. The molecule has 2 rings (SSSR count). The quantitative estimate of drug-likeness (QED) is 0.591. The van der Waals surface area contributed by atoms with Crippen molar-refractivity contribution in [3.63, 3.8) is 0 Å². The van der Waals surface area contributed by atoms with Gasteiger partial charge in [0.05, 0.1) is 11.6 Å². The Morgan fingerprint density at radius 3 is 3.45 bits per heavy atom. The second kappa shape index (κ2) is 2.53. The van der Waals surface area contributed by atoms with Crippen molar-refractivity contribution in [2.45, 2.75) is 13.3 Å². The summed E-state index contributed by atoms with van der Waals surface area (Å²) in [5.74, 6) is 0.433. The van der Waals surface area contributed by atoms with Crippen LogP contribution >= 0.6 is 0 Å². The highest BCUT2D eigenvalue weighted by Gasteiger charge is 2.29. The fraction of sp³-hybridized carbons (Fsp3) is 0.714. The number of hydrogen-bond acceptors (Lipinski definition) is 4. The van der Waals surface area contributed by atoms with E-state index in [9.17, 15) is 0 Å². The van der Waals surface area contributed by atoms with E-state index in [0.29, 0.717) is 12.5 Å². The van der Waals surface area contributed by atoms with Gasteiger partial charge in [-0.1, -0.05) is 12.1 Å². The number of nitrogens with zero attached hydrogens (tertiary/aromatic N) is 2. The molecule has 0 aromatic rings. The van der Waals surface area contributed by atoms with Gasteiger partial charge in [-0.2, -0.15) is 5.10 Å². The third-order valence-electron chi connectivity index (χ3n) is 2.01. The largest absolute Gasteiger partial charge is 0.395 e. The minimum absolute atomic E-state index is 0.433. The van der Waals surface area contributed by atoms with Crippen LogP contribution in [0.3, 0.4) is 0 Å². The van der Waals surface area contributed by atoms with Crippen molar-refractivity contribution < 1.29 is 4.84 Å². The molecular weight excluding hydrogens is 142 g/mol. The van der Waals surface area contributed by atoms with E-state index in [1.807, 2.05) is 0 Å².